The van der Waals surface area contributed by atoms with Crippen LogP contribution in [0.5, 0.6) is 0 Å². The summed E-state index contributed by atoms with van der Waals surface area (Å²) < 4.78 is 5.74. The van der Waals surface area contributed by atoms with Crippen LogP contribution >= 0.6 is 15.9 Å². The van der Waals surface area contributed by atoms with E-state index in [-0.39, 0.29) is 0 Å². The van der Waals surface area contributed by atoms with E-state index in [1.807, 2.05) is 26.8 Å². The zero-order valence-electron chi connectivity index (χ0n) is 11.7. The van der Waals surface area contributed by atoms with Gasteiger partial charge < -0.3 is 15.4 Å². The standard InChI is InChI=1S/C13H17BrN4O2/c1-13(2,3)20-12(19)17-5-4-16-9-6-10(14)11(7-15)18-8-9/h6,8,16H,4-5H2,1-3H3,(H,17,19). The lowest BCUT2D eigenvalue weighted by Gasteiger charge is -2.19. The average molecular weight is 341 g/mol. The number of halogens is 1. The van der Waals surface area contributed by atoms with Crippen LogP contribution < -0.4 is 10.6 Å². The molecule has 1 aromatic rings. The Labute approximate surface area is 126 Å². The zero-order valence-corrected chi connectivity index (χ0v) is 13.2. The van der Waals surface area contributed by atoms with Crippen molar-refractivity contribution in [3.63, 3.8) is 0 Å². The Morgan fingerprint density at radius 1 is 1.50 bits per heavy atom. The highest BCUT2D eigenvalue weighted by molar-refractivity contribution is 9.10. The van der Waals surface area contributed by atoms with Crippen molar-refractivity contribution in [1.29, 1.82) is 5.26 Å². The van der Waals surface area contributed by atoms with Gasteiger partial charge in [-0.1, -0.05) is 0 Å². The maximum Gasteiger partial charge on any atom is 0.407 e. The molecule has 0 aromatic carbocycles. The number of aromatic nitrogens is 1. The van der Waals surface area contributed by atoms with Gasteiger partial charge in [-0.05, 0) is 42.8 Å². The van der Waals surface area contributed by atoms with Crippen LogP contribution in [0, 0.1) is 11.3 Å². The molecule has 1 heterocycles. The highest BCUT2D eigenvalue weighted by Crippen LogP contribution is 2.17. The van der Waals surface area contributed by atoms with E-state index in [1.165, 1.54) is 0 Å². The van der Waals surface area contributed by atoms with Gasteiger partial charge in [-0.3, -0.25) is 0 Å². The molecule has 0 saturated carbocycles. The lowest BCUT2D eigenvalue weighted by atomic mass is 10.2. The third-order valence-electron chi connectivity index (χ3n) is 2.07. The summed E-state index contributed by atoms with van der Waals surface area (Å²) in [5, 5.41) is 14.5. The molecule has 1 amide bonds. The summed E-state index contributed by atoms with van der Waals surface area (Å²) in [6, 6.07) is 3.73. The van der Waals surface area contributed by atoms with E-state index in [0.717, 1.165) is 5.69 Å². The molecule has 0 aliphatic heterocycles. The van der Waals surface area contributed by atoms with Gasteiger partial charge in [0.15, 0.2) is 5.69 Å². The lowest BCUT2D eigenvalue weighted by Crippen LogP contribution is -2.35. The number of nitrogens with one attached hydrogen (secondary N) is 2. The van der Waals surface area contributed by atoms with Gasteiger partial charge in [0, 0.05) is 13.1 Å². The van der Waals surface area contributed by atoms with Gasteiger partial charge >= 0.3 is 6.09 Å². The Hall–Kier alpha value is -1.81. The number of anilines is 1. The second kappa shape index (κ2) is 7.10. The molecule has 2 N–H and O–H groups in total. The first-order chi connectivity index (χ1) is 9.31. The Kier molecular flexibility index (Phi) is 5.77. The average Bonchev–Trinajstić information content (AvgIpc) is 2.33. The van der Waals surface area contributed by atoms with Gasteiger partial charge in [-0.25, -0.2) is 9.78 Å². The molecule has 0 bridgehead atoms. The molecule has 0 atom stereocenters. The fourth-order valence-corrected chi connectivity index (χ4v) is 1.74. The topological polar surface area (TPSA) is 87.0 Å². The van der Waals surface area contributed by atoms with Crippen molar-refractivity contribution in [2.45, 2.75) is 26.4 Å². The van der Waals surface area contributed by atoms with Crippen molar-refractivity contribution in [3.8, 4) is 6.07 Å². The number of carbonyl (C=O) groups is 1. The second-order valence-corrected chi connectivity index (χ2v) is 5.88. The number of rotatable bonds is 4. The SMILES string of the molecule is CC(C)(C)OC(=O)NCCNc1cnc(C#N)c(Br)c1. The highest BCUT2D eigenvalue weighted by Gasteiger charge is 2.15. The van der Waals surface area contributed by atoms with E-state index in [1.54, 1.807) is 12.3 Å². The molecular formula is C13H17BrN4O2. The van der Waals surface area contributed by atoms with Crippen molar-refractivity contribution in [2.24, 2.45) is 0 Å². The van der Waals surface area contributed by atoms with E-state index in [4.69, 9.17) is 10.00 Å². The van der Waals surface area contributed by atoms with Gasteiger partial charge in [-0.2, -0.15) is 5.26 Å². The molecule has 0 saturated heterocycles. The summed E-state index contributed by atoms with van der Waals surface area (Å²) in [4.78, 5) is 15.4. The zero-order chi connectivity index (χ0) is 15.2. The van der Waals surface area contributed by atoms with Gasteiger partial charge in [0.2, 0.25) is 0 Å². The third kappa shape index (κ3) is 5.89. The summed E-state index contributed by atoms with van der Waals surface area (Å²) >= 11 is 3.26. The van der Waals surface area contributed by atoms with Crippen LogP contribution in [0.4, 0.5) is 10.5 Å². The maximum absolute atomic E-state index is 11.4. The number of nitriles is 1. The molecule has 0 aliphatic carbocycles. The van der Waals surface area contributed by atoms with Crippen molar-refractivity contribution < 1.29 is 9.53 Å². The molecule has 0 aliphatic rings. The minimum atomic E-state index is -0.501. The summed E-state index contributed by atoms with van der Waals surface area (Å²) in [6.45, 7) is 6.38. The molecule has 0 radical (unpaired) electrons. The van der Waals surface area contributed by atoms with Crippen LogP contribution in [0.1, 0.15) is 26.5 Å². The number of alkyl carbamates (subject to hydrolysis) is 1. The predicted molar refractivity (Wildman–Crippen MR) is 79.4 cm³/mol. The first-order valence-corrected chi connectivity index (χ1v) is 6.87. The van der Waals surface area contributed by atoms with Crippen LogP contribution in [-0.2, 0) is 4.74 Å². The van der Waals surface area contributed by atoms with Gasteiger partial charge in [0.05, 0.1) is 16.4 Å². The highest BCUT2D eigenvalue weighted by atomic mass is 79.9. The van der Waals surface area contributed by atoms with Crippen molar-refractivity contribution >= 4 is 27.7 Å². The summed E-state index contributed by atoms with van der Waals surface area (Å²) in [5.41, 5.74) is 0.601. The molecule has 1 rings (SSSR count). The number of carbonyl (C=O) groups excluding carboxylic acids is 1. The molecule has 108 valence electrons. The smallest absolute Gasteiger partial charge is 0.407 e. The van der Waals surface area contributed by atoms with E-state index in [0.29, 0.717) is 23.3 Å². The first-order valence-electron chi connectivity index (χ1n) is 6.08. The number of hydrogen-bond donors (Lipinski definition) is 2. The van der Waals surface area contributed by atoms with Crippen molar-refractivity contribution in [3.05, 3.63) is 22.4 Å². The van der Waals surface area contributed by atoms with Crippen LogP contribution in [0.25, 0.3) is 0 Å². The van der Waals surface area contributed by atoms with Crippen LogP contribution in [0.3, 0.4) is 0 Å². The molecule has 1 aromatic heterocycles. The maximum atomic E-state index is 11.4. The van der Waals surface area contributed by atoms with Crippen LogP contribution in [0.2, 0.25) is 0 Å². The second-order valence-electron chi connectivity index (χ2n) is 5.02. The molecule has 0 fully saturated rings. The molecule has 0 spiro atoms. The Bertz CT molecular complexity index is 520. The Balaban J connectivity index is 2.33. The summed E-state index contributed by atoms with van der Waals surface area (Å²) in [6.07, 6.45) is 1.12. The number of hydrogen-bond acceptors (Lipinski definition) is 5. The van der Waals surface area contributed by atoms with Gasteiger partial charge in [-0.15, -0.1) is 0 Å². The largest absolute Gasteiger partial charge is 0.444 e. The minimum absolute atomic E-state index is 0.336. The number of nitrogens with zero attached hydrogens (tertiary/aromatic N) is 2. The predicted octanol–water partition coefficient (Wildman–Crippen LogP) is 2.65. The normalized spacial score (nSPS) is 10.6. The van der Waals surface area contributed by atoms with Gasteiger partial charge in [0.25, 0.3) is 0 Å². The molecule has 20 heavy (non-hydrogen) atoms. The molecule has 7 heteroatoms. The van der Waals surface area contributed by atoms with Crippen molar-refractivity contribution in [1.82, 2.24) is 10.3 Å². The molecule has 6 nitrogen and oxygen atoms in total. The van der Waals surface area contributed by atoms with Crippen LogP contribution in [-0.4, -0.2) is 29.8 Å². The summed E-state index contributed by atoms with van der Waals surface area (Å²) in [7, 11) is 0. The molecular weight excluding hydrogens is 324 g/mol. The fourth-order valence-electron chi connectivity index (χ4n) is 1.30. The van der Waals surface area contributed by atoms with E-state index in [9.17, 15) is 4.79 Å². The van der Waals surface area contributed by atoms with Crippen LogP contribution in [0.15, 0.2) is 16.7 Å². The summed E-state index contributed by atoms with van der Waals surface area (Å²) in [5.74, 6) is 0. The fraction of sp³-hybridized carbons (Fsp3) is 0.462. The van der Waals surface area contributed by atoms with E-state index >= 15 is 0 Å². The Morgan fingerprint density at radius 3 is 2.75 bits per heavy atom. The number of ether oxygens (including phenoxy) is 1. The first kappa shape index (κ1) is 16.2. The number of pyridine rings is 1. The minimum Gasteiger partial charge on any atom is -0.444 e. The number of amides is 1. The lowest BCUT2D eigenvalue weighted by molar-refractivity contribution is 0.0530. The van der Waals surface area contributed by atoms with Gasteiger partial charge in [0.1, 0.15) is 11.7 Å². The Morgan fingerprint density at radius 2 is 2.20 bits per heavy atom. The molecule has 0 unspecified atom stereocenters. The quantitative estimate of drug-likeness (QED) is 0.822. The third-order valence-corrected chi connectivity index (χ3v) is 2.67. The van der Waals surface area contributed by atoms with Crippen molar-refractivity contribution in [2.75, 3.05) is 18.4 Å². The van der Waals surface area contributed by atoms with E-state index < -0.39 is 11.7 Å². The monoisotopic (exact) mass is 340 g/mol. The van der Waals surface area contributed by atoms with E-state index in [2.05, 4.69) is 31.5 Å².